The van der Waals surface area contributed by atoms with Crippen molar-refractivity contribution in [1.82, 2.24) is 5.32 Å². The molecule has 0 atom stereocenters. The van der Waals surface area contributed by atoms with Gasteiger partial charge >= 0.3 is 0 Å². The van der Waals surface area contributed by atoms with E-state index in [4.69, 9.17) is 9.15 Å². The van der Waals surface area contributed by atoms with E-state index >= 15 is 0 Å². The van der Waals surface area contributed by atoms with Crippen molar-refractivity contribution in [3.63, 3.8) is 0 Å². The zero-order chi connectivity index (χ0) is 11.1. The van der Waals surface area contributed by atoms with Crippen LogP contribution in [0.2, 0.25) is 0 Å². The molecule has 0 radical (unpaired) electrons. The van der Waals surface area contributed by atoms with Crippen molar-refractivity contribution in [3.8, 4) is 0 Å². The van der Waals surface area contributed by atoms with Crippen LogP contribution in [-0.4, -0.2) is 19.3 Å². The average molecular weight is 223 g/mol. The lowest BCUT2D eigenvalue weighted by Gasteiger charge is -2.21. The number of hydrogen-bond donors (Lipinski definition) is 1. The molecule has 1 aliphatic carbocycles. The average Bonchev–Trinajstić information content (AvgIpc) is 2.83. The van der Waals surface area contributed by atoms with E-state index in [2.05, 4.69) is 5.32 Å². The molecule has 3 heteroatoms. The molecule has 1 fully saturated rings. The Bertz CT molecular complexity index is 265. The van der Waals surface area contributed by atoms with Crippen LogP contribution >= 0.6 is 0 Å². The third kappa shape index (κ3) is 3.99. The summed E-state index contributed by atoms with van der Waals surface area (Å²) in [7, 11) is 0. The van der Waals surface area contributed by atoms with E-state index in [9.17, 15) is 0 Å². The Kier molecular flexibility index (Phi) is 4.90. The summed E-state index contributed by atoms with van der Waals surface area (Å²) in [6, 6.07) is 3.89. The summed E-state index contributed by atoms with van der Waals surface area (Å²) in [6.07, 6.45) is 8.77. The van der Waals surface area contributed by atoms with Crippen LogP contribution in [0.15, 0.2) is 22.8 Å². The third-order valence-corrected chi connectivity index (χ3v) is 3.06. The lowest BCUT2D eigenvalue weighted by Crippen LogP contribution is -2.24. The molecule has 90 valence electrons. The Labute approximate surface area is 97.2 Å². The largest absolute Gasteiger partial charge is 0.468 e. The first-order valence-electron chi connectivity index (χ1n) is 6.30. The van der Waals surface area contributed by atoms with Gasteiger partial charge in [-0.15, -0.1) is 0 Å². The predicted molar refractivity (Wildman–Crippen MR) is 63.2 cm³/mol. The summed E-state index contributed by atoms with van der Waals surface area (Å²) in [6.45, 7) is 2.50. The van der Waals surface area contributed by atoms with Gasteiger partial charge in [0, 0.05) is 6.54 Å². The molecule has 0 bridgehead atoms. The number of furan rings is 1. The first-order chi connectivity index (χ1) is 7.95. The summed E-state index contributed by atoms with van der Waals surface area (Å²) in [5.41, 5.74) is 0. The zero-order valence-corrected chi connectivity index (χ0v) is 9.78. The van der Waals surface area contributed by atoms with Crippen LogP contribution in [0, 0.1) is 0 Å². The van der Waals surface area contributed by atoms with Crippen LogP contribution in [0.3, 0.4) is 0 Å². The van der Waals surface area contributed by atoms with Gasteiger partial charge in [-0.2, -0.15) is 0 Å². The number of rotatable bonds is 6. The number of ether oxygens (including phenoxy) is 1. The van der Waals surface area contributed by atoms with Gasteiger partial charge in [0.05, 0.1) is 25.5 Å². The molecule has 0 spiro atoms. The van der Waals surface area contributed by atoms with Crippen molar-refractivity contribution in [2.24, 2.45) is 0 Å². The SMILES string of the molecule is c1coc(CNCCOC2CCCCC2)c1. The van der Waals surface area contributed by atoms with Gasteiger partial charge in [0.2, 0.25) is 0 Å². The first kappa shape index (κ1) is 11.7. The third-order valence-electron chi connectivity index (χ3n) is 3.06. The molecule has 2 rings (SSSR count). The monoisotopic (exact) mass is 223 g/mol. The maximum Gasteiger partial charge on any atom is 0.117 e. The zero-order valence-electron chi connectivity index (χ0n) is 9.78. The van der Waals surface area contributed by atoms with Crippen LogP contribution in [0.5, 0.6) is 0 Å². The molecule has 1 aromatic heterocycles. The normalized spacial score (nSPS) is 17.8. The second-order valence-corrected chi connectivity index (χ2v) is 4.39. The van der Waals surface area contributed by atoms with Gasteiger partial charge in [0.15, 0.2) is 0 Å². The van der Waals surface area contributed by atoms with Crippen molar-refractivity contribution in [1.29, 1.82) is 0 Å². The molecule has 0 aromatic carbocycles. The van der Waals surface area contributed by atoms with E-state index in [1.807, 2.05) is 12.1 Å². The minimum atomic E-state index is 0.513. The molecule has 0 aliphatic heterocycles. The van der Waals surface area contributed by atoms with Gasteiger partial charge in [-0.25, -0.2) is 0 Å². The molecule has 0 unspecified atom stereocenters. The molecule has 0 saturated heterocycles. The molecule has 0 amide bonds. The van der Waals surface area contributed by atoms with Gasteiger partial charge in [-0.1, -0.05) is 19.3 Å². The Hall–Kier alpha value is -0.800. The highest BCUT2D eigenvalue weighted by molar-refractivity contribution is 4.97. The highest BCUT2D eigenvalue weighted by Gasteiger charge is 2.12. The maximum atomic E-state index is 5.81. The van der Waals surface area contributed by atoms with Crippen molar-refractivity contribution < 1.29 is 9.15 Å². The molecule has 1 aliphatic rings. The Morgan fingerprint density at radius 2 is 2.19 bits per heavy atom. The second kappa shape index (κ2) is 6.71. The van der Waals surface area contributed by atoms with Gasteiger partial charge in [0.1, 0.15) is 5.76 Å². The van der Waals surface area contributed by atoms with Crippen molar-refractivity contribution in [2.45, 2.75) is 44.8 Å². The molecular formula is C13H21NO2. The van der Waals surface area contributed by atoms with E-state index in [0.717, 1.165) is 25.5 Å². The first-order valence-corrected chi connectivity index (χ1v) is 6.30. The van der Waals surface area contributed by atoms with Gasteiger partial charge in [-0.3, -0.25) is 0 Å². The smallest absolute Gasteiger partial charge is 0.117 e. The summed E-state index contributed by atoms with van der Waals surface area (Å²) >= 11 is 0. The van der Waals surface area contributed by atoms with Crippen molar-refractivity contribution in [3.05, 3.63) is 24.2 Å². The van der Waals surface area contributed by atoms with Crippen molar-refractivity contribution in [2.75, 3.05) is 13.2 Å². The fourth-order valence-electron chi connectivity index (χ4n) is 2.15. The van der Waals surface area contributed by atoms with E-state index in [1.54, 1.807) is 6.26 Å². The summed E-state index contributed by atoms with van der Waals surface area (Å²) in [4.78, 5) is 0. The highest BCUT2D eigenvalue weighted by atomic mass is 16.5. The van der Waals surface area contributed by atoms with Gasteiger partial charge in [0.25, 0.3) is 0 Å². The minimum Gasteiger partial charge on any atom is -0.468 e. The maximum absolute atomic E-state index is 5.81. The predicted octanol–water partition coefficient (Wildman–Crippen LogP) is 2.72. The number of hydrogen-bond acceptors (Lipinski definition) is 3. The van der Waals surface area contributed by atoms with Gasteiger partial charge in [-0.05, 0) is 25.0 Å². The minimum absolute atomic E-state index is 0.513. The van der Waals surface area contributed by atoms with E-state index in [1.165, 1.54) is 32.1 Å². The molecule has 3 nitrogen and oxygen atoms in total. The lowest BCUT2D eigenvalue weighted by molar-refractivity contribution is 0.0301. The lowest BCUT2D eigenvalue weighted by atomic mass is 9.98. The Balaban J connectivity index is 1.48. The van der Waals surface area contributed by atoms with Crippen LogP contribution in [-0.2, 0) is 11.3 Å². The standard InChI is InChI=1S/C13H21NO2/c1-2-5-12(6-3-1)16-10-8-14-11-13-7-4-9-15-13/h4,7,9,12,14H,1-3,5-6,8,10-11H2. The summed E-state index contributed by atoms with van der Waals surface area (Å²) in [5, 5.41) is 3.31. The summed E-state index contributed by atoms with van der Waals surface area (Å²) < 4.78 is 11.0. The van der Waals surface area contributed by atoms with E-state index in [0.29, 0.717) is 6.10 Å². The molecular weight excluding hydrogens is 202 g/mol. The highest BCUT2D eigenvalue weighted by Crippen LogP contribution is 2.19. The fraction of sp³-hybridized carbons (Fsp3) is 0.692. The van der Waals surface area contributed by atoms with Gasteiger partial charge < -0.3 is 14.5 Å². The molecule has 16 heavy (non-hydrogen) atoms. The molecule has 1 heterocycles. The quantitative estimate of drug-likeness (QED) is 0.753. The van der Waals surface area contributed by atoms with Crippen LogP contribution in [0.1, 0.15) is 37.9 Å². The second-order valence-electron chi connectivity index (χ2n) is 4.39. The van der Waals surface area contributed by atoms with Crippen molar-refractivity contribution >= 4 is 0 Å². The van der Waals surface area contributed by atoms with Crippen LogP contribution < -0.4 is 5.32 Å². The Morgan fingerprint density at radius 3 is 2.94 bits per heavy atom. The van der Waals surface area contributed by atoms with Crippen LogP contribution in [0.4, 0.5) is 0 Å². The fourth-order valence-corrected chi connectivity index (χ4v) is 2.15. The van der Waals surface area contributed by atoms with Crippen LogP contribution in [0.25, 0.3) is 0 Å². The van der Waals surface area contributed by atoms with E-state index < -0.39 is 0 Å². The molecule has 1 saturated carbocycles. The number of nitrogens with one attached hydrogen (secondary N) is 1. The van der Waals surface area contributed by atoms with E-state index in [-0.39, 0.29) is 0 Å². The molecule has 1 N–H and O–H groups in total. The molecule has 1 aromatic rings. The topological polar surface area (TPSA) is 34.4 Å². The summed E-state index contributed by atoms with van der Waals surface area (Å²) in [5.74, 6) is 0.984. The Morgan fingerprint density at radius 1 is 1.31 bits per heavy atom.